The molecule has 0 radical (unpaired) electrons. The fourth-order valence-electron chi connectivity index (χ4n) is 3.14. The summed E-state index contributed by atoms with van der Waals surface area (Å²) < 4.78 is 11.4. The SMILES string of the molecule is Cl/C(=C\C(c1ccccc1)c1ccc2c(c1)OCCO2)c1ccccc1. The van der Waals surface area contributed by atoms with E-state index < -0.39 is 0 Å². The van der Waals surface area contributed by atoms with Gasteiger partial charge in [0, 0.05) is 11.0 Å². The van der Waals surface area contributed by atoms with Crippen LogP contribution in [0.3, 0.4) is 0 Å². The van der Waals surface area contributed by atoms with Gasteiger partial charge in [0.25, 0.3) is 0 Å². The van der Waals surface area contributed by atoms with Crippen LogP contribution in [0.25, 0.3) is 5.03 Å². The second-order valence-corrected chi connectivity index (χ2v) is 6.58. The van der Waals surface area contributed by atoms with Crippen molar-refractivity contribution < 1.29 is 9.47 Å². The van der Waals surface area contributed by atoms with Crippen molar-refractivity contribution in [3.05, 3.63) is 102 Å². The van der Waals surface area contributed by atoms with Crippen LogP contribution in [0, 0.1) is 0 Å². The Hall–Kier alpha value is -2.71. The van der Waals surface area contributed by atoms with Gasteiger partial charge >= 0.3 is 0 Å². The Morgan fingerprint density at radius 2 is 1.42 bits per heavy atom. The minimum Gasteiger partial charge on any atom is -0.486 e. The van der Waals surface area contributed by atoms with Gasteiger partial charge in [0.15, 0.2) is 11.5 Å². The van der Waals surface area contributed by atoms with Crippen molar-refractivity contribution in [2.75, 3.05) is 13.2 Å². The van der Waals surface area contributed by atoms with Gasteiger partial charge in [-0.15, -0.1) is 0 Å². The third-order valence-electron chi connectivity index (χ3n) is 4.45. The Labute approximate surface area is 158 Å². The average molecular weight is 363 g/mol. The largest absolute Gasteiger partial charge is 0.486 e. The summed E-state index contributed by atoms with van der Waals surface area (Å²) in [4.78, 5) is 0. The van der Waals surface area contributed by atoms with Crippen LogP contribution in [0.1, 0.15) is 22.6 Å². The van der Waals surface area contributed by atoms with Crippen LogP contribution >= 0.6 is 11.6 Å². The summed E-state index contributed by atoms with van der Waals surface area (Å²) in [6, 6.07) is 26.5. The zero-order valence-corrected chi connectivity index (χ0v) is 15.0. The maximum atomic E-state index is 6.65. The Balaban J connectivity index is 1.77. The first-order valence-electron chi connectivity index (χ1n) is 8.68. The first-order valence-corrected chi connectivity index (χ1v) is 9.06. The predicted molar refractivity (Wildman–Crippen MR) is 106 cm³/mol. The zero-order valence-electron chi connectivity index (χ0n) is 14.3. The van der Waals surface area contributed by atoms with E-state index in [2.05, 4.69) is 30.3 Å². The Morgan fingerprint density at radius 1 is 0.769 bits per heavy atom. The summed E-state index contributed by atoms with van der Waals surface area (Å²) in [6.45, 7) is 1.17. The van der Waals surface area contributed by atoms with Gasteiger partial charge in [-0.25, -0.2) is 0 Å². The molecule has 0 fully saturated rings. The van der Waals surface area contributed by atoms with Gasteiger partial charge in [0.2, 0.25) is 0 Å². The molecule has 0 aromatic heterocycles. The predicted octanol–water partition coefficient (Wildman–Crippen LogP) is 5.87. The van der Waals surface area contributed by atoms with E-state index in [0.717, 1.165) is 27.7 Å². The molecule has 1 heterocycles. The quantitative estimate of drug-likeness (QED) is 0.577. The van der Waals surface area contributed by atoms with E-state index in [1.165, 1.54) is 5.56 Å². The van der Waals surface area contributed by atoms with E-state index in [1.807, 2.05) is 54.6 Å². The molecule has 130 valence electrons. The van der Waals surface area contributed by atoms with Crippen LogP contribution in [0.5, 0.6) is 11.5 Å². The molecule has 1 aliphatic rings. The topological polar surface area (TPSA) is 18.5 Å². The van der Waals surface area contributed by atoms with Gasteiger partial charge in [-0.3, -0.25) is 0 Å². The van der Waals surface area contributed by atoms with E-state index >= 15 is 0 Å². The van der Waals surface area contributed by atoms with E-state index in [0.29, 0.717) is 13.2 Å². The number of hydrogen-bond acceptors (Lipinski definition) is 2. The number of fused-ring (bicyclic) bond motifs is 1. The molecule has 0 bridgehead atoms. The van der Waals surface area contributed by atoms with Crippen LogP contribution in [-0.2, 0) is 0 Å². The molecule has 3 aromatic rings. The smallest absolute Gasteiger partial charge is 0.161 e. The Kier molecular flexibility index (Phi) is 4.94. The van der Waals surface area contributed by atoms with Gasteiger partial charge in [-0.05, 0) is 28.8 Å². The van der Waals surface area contributed by atoms with Crippen LogP contribution in [0.15, 0.2) is 84.9 Å². The molecule has 0 amide bonds. The summed E-state index contributed by atoms with van der Waals surface area (Å²) in [5, 5.41) is 0.731. The van der Waals surface area contributed by atoms with Gasteiger partial charge in [0.05, 0.1) is 0 Å². The van der Waals surface area contributed by atoms with Gasteiger partial charge in [-0.2, -0.15) is 0 Å². The highest BCUT2D eigenvalue weighted by molar-refractivity contribution is 6.48. The number of allylic oxidation sites excluding steroid dienone is 1. The third-order valence-corrected chi connectivity index (χ3v) is 4.79. The molecule has 0 saturated carbocycles. The van der Waals surface area contributed by atoms with Crippen LogP contribution in [0.2, 0.25) is 0 Å². The number of hydrogen-bond donors (Lipinski definition) is 0. The van der Waals surface area contributed by atoms with Crippen molar-refractivity contribution >= 4 is 16.6 Å². The summed E-state index contributed by atoms with van der Waals surface area (Å²) in [7, 11) is 0. The molecule has 1 atom stereocenters. The van der Waals surface area contributed by atoms with Crippen molar-refractivity contribution in [2.45, 2.75) is 5.92 Å². The molecule has 3 heteroatoms. The summed E-state index contributed by atoms with van der Waals surface area (Å²) in [5.74, 6) is 1.61. The lowest BCUT2D eigenvalue weighted by molar-refractivity contribution is 0.171. The van der Waals surface area contributed by atoms with Crippen molar-refractivity contribution in [1.29, 1.82) is 0 Å². The van der Waals surface area contributed by atoms with E-state index in [-0.39, 0.29) is 5.92 Å². The number of benzene rings is 3. The maximum Gasteiger partial charge on any atom is 0.161 e. The molecule has 0 saturated heterocycles. The van der Waals surface area contributed by atoms with E-state index in [1.54, 1.807) is 0 Å². The number of halogens is 1. The lowest BCUT2D eigenvalue weighted by Gasteiger charge is -2.21. The zero-order chi connectivity index (χ0) is 17.8. The normalized spacial score (nSPS) is 14.7. The van der Waals surface area contributed by atoms with Gasteiger partial charge in [0.1, 0.15) is 13.2 Å². The molecule has 4 rings (SSSR count). The number of rotatable bonds is 4. The highest BCUT2D eigenvalue weighted by atomic mass is 35.5. The summed E-state index contributed by atoms with van der Waals surface area (Å²) in [5.41, 5.74) is 3.31. The maximum absolute atomic E-state index is 6.65. The fourth-order valence-corrected chi connectivity index (χ4v) is 3.39. The van der Waals surface area contributed by atoms with Crippen LogP contribution in [-0.4, -0.2) is 13.2 Å². The second kappa shape index (κ2) is 7.67. The molecule has 0 spiro atoms. The summed E-state index contributed by atoms with van der Waals surface area (Å²) in [6.07, 6.45) is 2.09. The van der Waals surface area contributed by atoms with Gasteiger partial charge < -0.3 is 9.47 Å². The Bertz CT molecular complexity index is 904. The van der Waals surface area contributed by atoms with E-state index in [9.17, 15) is 0 Å². The first-order chi connectivity index (χ1) is 12.8. The highest BCUT2D eigenvalue weighted by Gasteiger charge is 2.18. The van der Waals surface area contributed by atoms with Crippen molar-refractivity contribution in [2.24, 2.45) is 0 Å². The molecule has 26 heavy (non-hydrogen) atoms. The lowest BCUT2D eigenvalue weighted by Crippen LogP contribution is -2.15. The molecular weight excluding hydrogens is 344 g/mol. The monoisotopic (exact) mass is 362 g/mol. The van der Waals surface area contributed by atoms with Gasteiger partial charge in [-0.1, -0.05) is 84.4 Å². The van der Waals surface area contributed by atoms with Crippen molar-refractivity contribution in [3.63, 3.8) is 0 Å². The number of ether oxygens (including phenoxy) is 2. The lowest BCUT2D eigenvalue weighted by atomic mass is 9.90. The second-order valence-electron chi connectivity index (χ2n) is 6.17. The highest BCUT2D eigenvalue weighted by Crippen LogP contribution is 2.37. The van der Waals surface area contributed by atoms with Crippen molar-refractivity contribution in [1.82, 2.24) is 0 Å². The van der Waals surface area contributed by atoms with Crippen molar-refractivity contribution in [3.8, 4) is 11.5 Å². The molecular formula is C23H19ClO2. The summed E-state index contributed by atoms with van der Waals surface area (Å²) >= 11 is 6.65. The molecule has 1 aliphatic heterocycles. The standard InChI is InChI=1S/C23H19ClO2/c24-21(18-9-5-2-6-10-18)16-20(17-7-3-1-4-8-17)19-11-12-22-23(15-19)26-14-13-25-22/h1-12,15-16,20H,13-14H2/b21-16-. The molecule has 0 N–H and O–H groups in total. The average Bonchev–Trinajstić information content (AvgIpc) is 2.73. The molecule has 0 aliphatic carbocycles. The van der Waals surface area contributed by atoms with E-state index in [4.69, 9.17) is 21.1 Å². The van der Waals surface area contributed by atoms with Crippen LogP contribution in [0.4, 0.5) is 0 Å². The fraction of sp³-hybridized carbons (Fsp3) is 0.130. The molecule has 3 aromatic carbocycles. The molecule has 2 nitrogen and oxygen atoms in total. The minimum atomic E-state index is 0.0275. The first kappa shape index (κ1) is 16.7. The third kappa shape index (κ3) is 3.61. The minimum absolute atomic E-state index is 0.0275. The van der Waals surface area contributed by atoms with Crippen LogP contribution < -0.4 is 9.47 Å². The Morgan fingerprint density at radius 3 is 2.15 bits per heavy atom. The molecule has 1 unspecified atom stereocenters.